The van der Waals surface area contributed by atoms with E-state index in [1.807, 2.05) is 23.9 Å². The Morgan fingerprint density at radius 1 is 0.680 bits per heavy atom. The molecule has 3 heteroatoms. The Morgan fingerprint density at radius 3 is 2.32 bits per heavy atom. The molecule has 0 radical (unpaired) electrons. The number of fused-ring (bicyclic) bond motifs is 4. The van der Waals surface area contributed by atoms with Crippen LogP contribution >= 0.6 is 11.8 Å². The quantitative estimate of drug-likeness (QED) is 0.360. The maximum Gasteiger partial charge on any atom is 0.0608 e. The first kappa shape index (κ1) is 14.4. The lowest BCUT2D eigenvalue weighted by atomic mass is 10.1. The van der Waals surface area contributed by atoms with Gasteiger partial charge in [0.1, 0.15) is 0 Å². The summed E-state index contributed by atoms with van der Waals surface area (Å²) in [4.78, 5) is 4.89. The smallest absolute Gasteiger partial charge is 0.0608 e. The fraction of sp³-hybridized carbons (Fsp3) is 0. The molecule has 0 bridgehead atoms. The highest BCUT2D eigenvalue weighted by Crippen LogP contribution is 2.53. The third kappa shape index (κ3) is 2.28. The number of rotatable bonds is 1. The van der Waals surface area contributed by atoms with Crippen LogP contribution in [0.15, 0.2) is 94.7 Å². The first-order valence-corrected chi connectivity index (χ1v) is 9.07. The third-order valence-electron chi connectivity index (χ3n) is 4.57. The fourth-order valence-corrected chi connectivity index (χ4v) is 4.57. The molecule has 0 atom stereocenters. The molecule has 120 valence electrons. The molecular weight excluding hydrogens is 324 g/mol. The highest BCUT2D eigenvalue weighted by molar-refractivity contribution is 8.00. The maximum absolute atomic E-state index is 5.90. The van der Waals surface area contributed by atoms with E-state index in [1.54, 1.807) is 0 Å². The highest BCUT2D eigenvalue weighted by Gasteiger charge is 2.25. The summed E-state index contributed by atoms with van der Waals surface area (Å²) < 4.78 is 0. The number of nitrogens with two attached hydrogens (primary N) is 1. The summed E-state index contributed by atoms with van der Waals surface area (Å²) in [7, 11) is 0. The van der Waals surface area contributed by atoms with Gasteiger partial charge in [-0.1, -0.05) is 54.2 Å². The lowest BCUT2D eigenvalue weighted by Gasteiger charge is -2.33. The predicted molar refractivity (Wildman–Crippen MR) is 107 cm³/mol. The zero-order valence-corrected chi connectivity index (χ0v) is 14.3. The maximum atomic E-state index is 5.90. The van der Waals surface area contributed by atoms with Gasteiger partial charge < -0.3 is 10.6 Å². The van der Waals surface area contributed by atoms with Crippen LogP contribution in [-0.4, -0.2) is 0 Å². The Labute approximate surface area is 150 Å². The van der Waals surface area contributed by atoms with Crippen molar-refractivity contribution in [3.05, 3.63) is 84.9 Å². The monoisotopic (exact) mass is 340 g/mol. The summed E-state index contributed by atoms with van der Waals surface area (Å²) in [6.45, 7) is 0. The van der Waals surface area contributed by atoms with Crippen LogP contribution in [0.25, 0.3) is 10.8 Å². The van der Waals surface area contributed by atoms with Gasteiger partial charge in [-0.05, 0) is 53.2 Å². The largest absolute Gasteiger partial charge is 0.399 e. The first-order valence-electron chi connectivity index (χ1n) is 8.25. The average Bonchev–Trinajstić information content (AvgIpc) is 2.67. The van der Waals surface area contributed by atoms with Gasteiger partial charge in [0.05, 0.1) is 11.4 Å². The minimum absolute atomic E-state index is 0.780. The summed E-state index contributed by atoms with van der Waals surface area (Å²) in [6, 6.07) is 29.6. The number of anilines is 4. The van der Waals surface area contributed by atoms with Crippen molar-refractivity contribution in [2.24, 2.45) is 0 Å². The van der Waals surface area contributed by atoms with E-state index in [1.165, 1.54) is 31.9 Å². The molecule has 25 heavy (non-hydrogen) atoms. The zero-order valence-electron chi connectivity index (χ0n) is 13.5. The summed E-state index contributed by atoms with van der Waals surface area (Å²) in [5.41, 5.74) is 10.2. The van der Waals surface area contributed by atoms with Crippen LogP contribution in [0.1, 0.15) is 0 Å². The van der Waals surface area contributed by atoms with E-state index in [-0.39, 0.29) is 0 Å². The number of nitrogen functional groups attached to an aromatic ring is 1. The molecule has 1 heterocycles. The molecular formula is C22H16N2S. The molecule has 0 saturated heterocycles. The van der Waals surface area contributed by atoms with Gasteiger partial charge in [0, 0.05) is 21.2 Å². The van der Waals surface area contributed by atoms with Crippen molar-refractivity contribution >= 4 is 45.3 Å². The van der Waals surface area contributed by atoms with Gasteiger partial charge >= 0.3 is 0 Å². The van der Waals surface area contributed by atoms with Gasteiger partial charge in [-0.2, -0.15) is 0 Å². The zero-order chi connectivity index (χ0) is 16.8. The Kier molecular flexibility index (Phi) is 3.22. The lowest BCUT2D eigenvalue weighted by Crippen LogP contribution is -2.14. The van der Waals surface area contributed by atoms with E-state index in [0.717, 1.165) is 11.4 Å². The van der Waals surface area contributed by atoms with Gasteiger partial charge in [-0.25, -0.2) is 0 Å². The van der Waals surface area contributed by atoms with Gasteiger partial charge in [0.25, 0.3) is 0 Å². The molecule has 0 unspecified atom stereocenters. The van der Waals surface area contributed by atoms with Crippen LogP contribution in [-0.2, 0) is 0 Å². The number of hydrogen-bond acceptors (Lipinski definition) is 3. The van der Waals surface area contributed by atoms with E-state index >= 15 is 0 Å². The van der Waals surface area contributed by atoms with Gasteiger partial charge in [-0.3, -0.25) is 0 Å². The van der Waals surface area contributed by atoms with Crippen molar-refractivity contribution in [2.75, 3.05) is 10.6 Å². The average molecular weight is 340 g/mol. The summed E-state index contributed by atoms with van der Waals surface area (Å²) in [5.74, 6) is 0. The summed E-state index contributed by atoms with van der Waals surface area (Å²) in [5, 5.41) is 2.56. The van der Waals surface area contributed by atoms with Gasteiger partial charge in [0.15, 0.2) is 0 Å². The normalized spacial score (nSPS) is 12.7. The van der Waals surface area contributed by atoms with Crippen LogP contribution in [0.2, 0.25) is 0 Å². The number of hydrogen-bond donors (Lipinski definition) is 1. The fourth-order valence-electron chi connectivity index (χ4n) is 3.38. The van der Waals surface area contributed by atoms with E-state index < -0.39 is 0 Å². The highest BCUT2D eigenvalue weighted by atomic mass is 32.2. The van der Waals surface area contributed by atoms with E-state index in [0.29, 0.717) is 0 Å². The van der Waals surface area contributed by atoms with Crippen molar-refractivity contribution in [1.82, 2.24) is 0 Å². The minimum Gasteiger partial charge on any atom is -0.399 e. The molecule has 4 aromatic rings. The lowest BCUT2D eigenvalue weighted by molar-refractivity contribution is 1.18. The standard InChI is InChI=1S/C22H16N2S/c23-16-10-12-17(13-11-16)24-19-7-3-4-8-21(19)25-22-18-6-2-1-5-15(18)9-14-20(22)24/h1-14H,23H2. The third-order valence-corrected chi connectivity index (χ3v) is 5.77. The molecule has 1 aliphatic rings. The van der Waals surface area contributed by atoms with E-state index in [4.69, 9.17) is 5.73 Å². The molecule has 0 amide bonds. The predicted octanol–water partition coefficient (Wildman–Crippen LogP) is 6.36. The Balaban J connectivity index is 1.81. The minimum atomic E-state index is 0.780. The van der Waals surface area contributed by atoms with Crippen LogP contribution in [0.4, 0.5) is 22.7 Å². The Morgan fingerprint density at radius 2 is 1.44 bits per heavy atom. The van der Waals surface area contributed by atoms with Gasteiger partial charge in [-0.15, -0.1) is 0 Å². The molecule has 0 saturated carbocycles. The SMILES string of the molecule is Nc1ccc(N2c3ccccc3Sc3c2ccc2ccccc32)cc1. The second-order valence-electron chi connectivity index (χ2n) is 6.13. The van der Waals surface area contributed by atoms with E-state index in [9.17, 15) is 0 Å². The van der Waals surface area contributed by atoms with Crippen molar-refractivity contribution in [2.45, 2.75) is 9.79 Å². The molecule has 2 N–H and O–H groups in total. The Hall–Kier alpha value is -2.91. The molecule has 5 rings (SSSR count). The molecule has 0 spiro atoms. The molecule has 4 aromatic carbocycles. The van der Waals surface area contributed by atoms with Crippen LogP contribution in [0.5, 0.6) is 0 Å². The second kappa shape index (κ2) is 5.57. The number of benzene rings is 4. The molecule has 0 aliphatic carbocycles. The van der Waals surface area contributed by atoms with Crippen LogP contribution in [0.3, 0.4) is 0 Å². The molecule has 0 aromatic heterocycles. The number of para-hydroxylation sites is 1. The molecule has 2 nitrogen and oxygen atoms in total. The van der Waals surface area contributed by atoms with Crippen LogP contribution in [0, 0.1) is 0 Å². The summed E-state index contributed by atoms with van der Waals surface area (Å²) >= 11 is 1.85. The van der Waals surface area contributed by atoms with Crippen molar-refractivity contribution < 1.29 is 0 Å². The molecule has 0 fully saturated rings. The van der Waals surface area contributed by atoms with Crippen molar-refractivity contribution in [3.8, 4) is 0 Å². The second-order valence-corrected chi connectivity index (χ2v) is 7.18. The molecule has 1 aliphatic heterocycles. The topological polar surface area (TPSA) is 29.3 Å². The van der Waals surface area contributed by atoms with Crippen molar-refractivity contribution in [3.63, 3.8) is 0 Å². The first-order chi connectivity index (χ1) is 12.3. The van der Waals surface area contributed by atoms with Crippen molar-refractivity contribution in [1.29, 1.82) is 0 Å². The van der Waals surface area contributed by atoms with Crippen LogP contribution < -0.4 is 10.6 Å². The Bertz CT molecular complexity index is 1090. The number of nitrogens with zero attached hydrogens (tertiary/aromatic N) is 1. The van der Waals surface area contributed by atoms with Gasteiger partial charge in [0.2, 0.25) is 0 Å². The summed E-state index contributed by atoms with van der Waals surface area (Å²) in [6.07, 6.45) is 0. The van der Waals surface area contributed by atoms with E-state index in [2.05, 4.69) is 77.7 Å².